The van der Waals surface area contributed by atoms with E-state index >= 15 is 0 Å². The van der Waals surface area contributed by atoms with Crippen LogP contribution >= 0.6 is 0 Å². The highest BCUT2D eigenvalue weighted by Gasteiger charge is 2.08. The summed E-state index contributed by atoms with van der Waals surface area (Å²) in [6, 6.07) is 7.77. The zero-order valence-corrected chi connectivity index (χ0v) is 14.1. The predicted molar refractivity (Wildman–Crippen MR) is 92.3 cm³/mol. The number of carboxylic acid groups (broad SMARTS) is 1. The smallest absolute Gasteiger partial charge is 0.303 e. The first-order valence-corrected chi connectivity index (χ1v) is 7.87. The quantitative estimate of drug-likeness (QED) is 0.367. The van der Waals surface area contributed by atoms with Gasteiger partial charge in [-0.1, -0.05) is 12.5 Å². The molecule has 0 aromatic heterocycles. The molecule has 0 unspecified atom stereocenters. The fourth-order valence-corrected chi connectivity index (χ4v) is 2.24. The second-order valence-corrected chi connectivity index (χ2v) is 5.65. The van der Waals surface area contributed by atoms with E-state index in [9.17, 15) is 9.59 Å². The van der Waals surface area contributed by atoms with Crippen molar-refractivity contribution in [3.63, 3.8) is 0 Å². The summed E-state index contributed by atoms with van der Waals surface area (Å²) in [5.41, 5.74) is 3.01. The van der Waals surface area contributed by atoms with Gasteiger partial charge in [-0.3, -0.25) is 9.59 Å². The molecule has 0 saturated carbocycles. The Hall–Kier alpha value is -2.81. The van der Waals surface area contributed by atoms with Crippen LogP contribution in [0.4, 0.5) is 5.69 Å². The van der Waals surface area contributed by atoms with Crippen molar-refractivity contribution in [2.75, 3.05) is 11.9 Å². The molecule has 128 valence electrons. The van der Waals surface area contributed by atoms with E-state index in [4.69, 9.17) is 10.4 Å². The number of aryl methyl sites for hydroxylation is 2. The number of aliphatic carboxylic acids is 1. The highest BCUT2D eigenvalue weighted by Crippen LogP contribution is 2.14. The summed E-state index contributed by atoms with van der Waals surface area (Å²) >= 11 is 0. The van der Waals surface area contributed by atoms with Crippen LogP contribution in [-0.4, -0.2) is 23.5 Å². The maximum atomic E-state index is 11.9. The zero-order chi connectivity index (χ0) is 17.9. The summed E-state index contributed by atoms with van der Waals surface area (Å²) in [6.45, 7) is 4.37. The van der Waals surface area contributed by atoms with Crippen LogP contribution in [0.5, 0.6) is 0 Å². The minimum absolute atomic E-state index is 0.000282. The third-order valence-electron chi connectivity index (χ3n) is 3.32. The summed E-state index contributed by atoms with van der Waals surface area (Å²) in [7, 11) is 0. The molecular weight excluding hydrogens is 306 g/mol. The van der Waals surface area contributed by atoms with Gasteiger partial charge in [0.15, 0.2) is 0 Å². The first-order chi connectivity index (χ1) is 11.4. The van der Waals surface area contributed by atoms with Gasteiger partial charge in [-0.2, -0.15) is 5.26 Å². The van der Waals surface area contributed by atoms with Crippen molar-refractivity contribution in [3.8, 4) is 6.07 Å². The molecule has 1 aromatic carbocycles. The molecule has 1 rings (SSSR count). The van der Waals surface area contributed by atoms with Crippen LogP contribution in [0.1, 0.15) is 36.8 Å². The van der Waals surface area contributed by atoms with Crippen LogP contribution in [-0.2, 0) is 9.59 Å². The first-order valence-electron chi connectivity index (χ1n) is 7.87. The largest absolute Gasteiger partial charge is 0.481 e. The number of hydrogen-bond donors (Lipinski definition) is 3. The molecule has 0 bridgehead atoms. The topological polar surface area (TPSA) is 102 Å². The van der Waals surface area contributed by atoms with Gasteiger partial charge in [-0.25, -0.2) is 0 Å². The summed E-state index contributed by atoms with van der Waals surface area (Å²) in [5, 5.41) is 23.3. The number of anilines is 1. The Morgan fingerprint density at radius 2 is 1.83 bits per heavy atom. The van der Waals surface area contributed by atoms with Gasteiger partial charge >= 0.3 is 5.97 Å². The number of nitrogens with zero attached hydrogens (tertiary/aromatic N) is 1. The van der Waals surface area contributed by atoms with Crippen LogP contribution in [0.15, 0.2) is 30.0 Å². The molecule has 0 saturated heterocycles. The van der Waals surface area contributed by atoms with E-state index in [0.29, 0.717) is 19.4 Å². The number of rotatable bonds is 9. The first kappa shape index (κ1) is 19.2. The molecule has 1 aromatic rings. The Morgan fingerprint density at radius 1 is 1.17 bits per heavy atom. The van der Waals surface area contributed by atoms with Gasteiger partial charge < -0.3 is 15.7 Å². The number of unbranched alkanes of at least 4 members (excludes halogenated alkanes) is 2. The fraction of sp³-hybridized carbons (Fsp3) is 0.389. The average Bonchev–Trinajstić information content (AvgIpc) is 2.50. The monoisotopic (exact) mass is 329 g/mol. The molecule has 0 atom stereocenters. The standard InChI is InChI=1S/C18H23N3O3/c1-13-8-14(2)10-16(9-13)21-12-15(11-19)18(24)20-7-5-3-4-6-17(22)23/h8-10,12,21H,3-7H2,1-2H3,(H,20,24)(H,22,23)/b15-12-. The summed E-state index contributed by atoms with van der Waals surface area (Å²) in [5.74, 6) is -1.25. The second-order valence-electron chi connectivity index (χ2n) is 5.65. The van der Waals surface area contributed by atoms with E-state index in [1.54, 1.807) is 0 Å². The lowest BCUT2D eigenvalue weighted by Gasteiger charge is -2.06. The van der Waals surface area contributed by atoms with Crippen LogP contribution in [0.2, 0.25) is 0 Å². The van der Waals surface area contributed by atoms with Gasteiger partial charge in [-0.05, 0) is 49.9 Å². The van der Waals surface area contributed by atoms with Crippen molar-refractivity contribution in [1.82, 2.24) is 5.32 Å². The number of carbonyl (C=O) groups excluding carboxylic acids is 1. The maximum absolute atomic E-state index is 11.9. The Bertz CT molecular complexity index is 640. The average molecular weight is 329 g/mol. The molecule has 24 heavy (non-hydrogen) atoms. The number of benzene rings is 1. The molecule has 1 amide bonds. The normalized spacial score (nSPS) is 10.8. The molecule has 0 spiro atoms. The van der Waals surface area contributed by atoms with Crippen molar-refractivity contribution in [3.05, 3.63) is 41.1 Å². The highest BCUT2D eigenvalue weighted by molar-refractivity contribution is 5.97. The van der Waals surface area contributed by atoms with Crippen molar-refractivity contribution >= 4 is 17.6 Å². The van der Waals surface area contributed by atoms with Gasteiger partial charge in [0.05, 0.1) is 0 Å². The van der Waals surface area contributed by atoms with Crippen molar-refractivity contribution in [1.29, 1.82) is 5.26 Å². The van der Waals surface area contributed by atoms with Gasteiger partial charge in [-0.15, -0.1) is 0 Å². The number of amides is 1. The van der Waals surface area contributed by atoms with Crippen molar-refractivity contribution < 1.29 is 14.7 Å². The lowest BCUT2D eigenvalue weighted by atomic mass is 10.1. The van der Waals surface area contributed by atoms with Gasteiger partial charge in [0.25, 0.3) is 5.91 Å². The Balaban J connectivity index is 2.45. The molecule has 3 N–H and O–H groups in total. The van der Waals surface area contributed by atoms with Crippen molar-refractivity contribution in [2.45, 2.75) is 39.5 Å². The minimum atomic E-state index is -0.814. The van der Waals surface area contributed by atoms with E-state index in [2.05, 4.69) is 10.6 Å². The Morgan fingerprint density at radius 3 is 2.42 bits per heavy atom. The predicted octanol–water partition coefficient (Wildman–Crippen LogP) is 2.88. The number of nitrogens with one attached hydrogen (secondary N) is 2. The van der Waals surface area contributed by atoms with Crippen LogP contribution in [0.3, 0.4) is 0 Å². The van der Waals surface area contributed by atoms with Crippen molar-refractivity contribution in [2.24, 2.45) is 0 Å². The zero-order valence-electron chi connectivity index (χ0n) is 14.1. The number of carboxylic acids is 1. The molecule has 0 aliphatic rings. The summed E-state index contributed by atoms with van der Waals surface area (Å²) in [4.78, 5) is 22.3. The third-order valence-corrected chi connectivity index (χ3v) is 3.32. The molecule has 0 heterocycles. The van der Waals surface area contributed by atoms with Gasteiger partial charge in [0, 0.05) is 24.9 Å². The van der Waals surface area contributed by atoms with E-state index in [1.807, 2.05) is 38.1 Å². The minimum Gasteiger partial charge on any atom is -0.481 e. The van der Waals surface area contributed by atoms with Gasteiger partial charge in [0.1, 0.15) is 11.6 Å². The van der Waals surface area contributed by atoms with Crippen LogP contribution in [0.25, 0.3) is 0 Å². The molecule has 0 fully saturated rings. The third kappa shape index (κ3) is 7.45. The van der Waals surface area contributed by atoms with E-state index in [-0.39, 0.29) is 12.0 Å². The molecule has 0 aliphatic carbocycles. The molecule has 6 heteroatoms. The number of hydrogen-bond acceptors (Lipinski definition) is 4. The summed E-state index contributed by atoms with van der Waals surface area (Å²) in [6.07, 6.45) is 3.52. The van der Waals surface area contributed by atoms with Crippen LogP contribution in [0, 0.1) is 25.2 Å². The van der Waals surface area contributed by atoms with E-state index < -0.39 is 11.9 Å². The molecule has 0 aliphatic heterocycles. The highest BCUT2D eigenvalue weighted by atomic mass is 16.4. The lowest BCUT2D eigenvalue weighted by Crippen LogP contribution is -2.26. The Kier molecular flexibility index (Phi) is 8.06. The van der Waals surface area contributed by atoms with Gasteiger partial charge in [0.2, 0.25) is 0 Å². The lowest BCUT2D eigenvalue weighted by molar-refractivity contribution is -0.137. The van der Waals surface area contributed by atoms with Crippen LogP contribution < -0.4 is 10.6 Å². The second kappa shape index (κ2) is 10.1. The Labute approximate surface area is 142 Å². The van der Waals surface area contributed by atoms with E-state index in [0.717, 1.165) is 23.2 Å². The SMILES string of the molecule is Cc1cc(C)cc(N/C=C(/C#N)C(=O)NCCCCCC(=O)O)c1. The van der Waals surface area contributed by atoms with E-state index in [1.165, 1.54) is 6.20 Å². The molecular formula is C18H23N3O3. The maximum Gasteiger partial charge on any atom is 0.303 e. The molecule has 6 nitrogen and oxygen atoms in total. The number of carbonyl (C=O) groups is 2. The fourth-order valence-electron chi connectivity index (χ4n) is 2.24. The molecule has 0 radical (unpaired) electrons. The number of nitriles is 1. The summed E-state index contributed by atoms with van der Waals surface area (Å²) < 4.78 is 0.